The highest BCUT2D eigenvalue weighted by atomic mass is 16.5. The van der Waals surface area contributed by atoms with E-state index in [2.05, 4.69) is 97.1 Å². The van der Waals surface area contributed by atoms with E-state index in [1.165, 1.54) is 41.5 Å². The van der Waals surface area contributed by atoms with Crippen LogP contribution in [-0.2, 0) is 0 Å². The van der Waals surface area contributed by atoms with Gasteiger partial charge in [0.25, 0.3) is 0 Å². The van der Waals surface area contributed by atoms with Crippen LogP contribution in [-0.4, -0.2) is 7.11 Å². The molecule has 5 rings (SSSR count). The van der Waals surface area contributed by atoms with Gasteiger partial charge < -0.3 is 4.74 Å². The standard InChI is InChI=1S/C29H28O/c1-30-25-17-15-22(16-18-25)28-20-27-24(19-21-9-4-2-5-10-21)13-8-14-26(27)29(28)23-11-6-3-7-12-23/h2-7,9-12,15-20,26,28-29H,8,13-14H2,1H3/b24-19+/t26-,28-,29+/m1/s1. The molecule has 0 unspecified atom stereocenters. The first kappa shape index (κ1) is 18.9. The zero-order valence-corrected chi connectivity index (χ0v) is 17.5. The average Bonchev–Trinajstić information content (AvgIpc) is 3.21. The molecule has 0 saturated heterocycles. The van der Waals surface area contributed by atoms with Gasteiger partial charge in [-0.05, 0) is 65.1 Å². The van der Waals surface area contributed by atoms with Crippen LogP contribution in [0.25, 0.3) is 6.08 Å². The minimum atomic E-state index is 0.399. The van der Waals surface area contributed by atoms with Crippen LogP contribution in [0.1, 0.15) is 47.8 Å². The molecule has 0 amide bonds. The molecule has 2 aliphatic rings. The number of ether oxygens (including phenoxy) is 1. The van der Waals surface area contributed by atoms with Crippen molar-refractivity contribution in [1.29, 1.82) is 0 Å². The van der Waals surface area contributed by atoms with E-state index in [1.54, 1.807) is 12.7 Å². The van der Waals surface area contributed by atoms with E-state index < -0.39 is 0 Å². The average molecular weight is 393 g/mol. The van der Waals surface area contributed by atoms with Gasteiger partial charge in [0.05, 0.1) is 7.11 Å². The van der Waals surface area contributed by atoms with Crippen molar-refractivity contribution in [2.75, 3.05) is 7.11 Å². The van der Waals surface area contributed by atoms with Crippen molar-refractivity contribution in [2.45, 2.75) is 31.1 Å². The minimum Gasteiger partial charge on any atom is -0.497 e. The van der Waals surface area contributed by atoms with Gasteiger partial charge in [0.1, 0.15) is 5.75 Å². The molecule has 0 aliphatic heterocycles. The molecule has 1 fully saturated rings. The fourth-order valence-electron chi connectivity index (χ4n) is 5.35. The Labute approximate surface area is 179 Å². The van der Waals surface area contributed by atoms with Crippen LogP contribution in [0.5, 0.6) is 5.75 Å². The summed E-state index contributed by atoms with van der Waals surface area (Å²) in [5, 5.41) is 0. The van der Waals surface area contributed by atoms with E-state index >= 15 is 0 Å². The Balaban J connectivity index is 1.58. The summed E-state index contributed by atoms with van der Waals surface area (Å²) in [6.45, 7) is 0. The third-order valence-electron chi connectivity index (χ3n) is 6.74. The van der Waals surface area contributed by atoms with Crippen LogP contribution >= 0.6 is 0 Å². The second-order valence-corrected chi connectivity index (χ2v) is 8.44. The smallest absolute Gasteiger partial charge is 0.118 e. The summed E-state index contributed by atoms with van der Waals surface area (Å²) in [4.78, 5) is 0. The number of hydrogen-bond donors (Lipinski definition) is 0. The monoisotopic (exact) mass is 392 g/mol. The lowest BCUT2D eigenvalue weighted by Crippen LogP contribution is -2.18. The van der Waals surface area contributed by atoms with Crippen LogP contribution in [0.4, 0.5) is 0 Å². The molecule has 1 saturated carbocycles. The lowest BCUT2D eigenvalue weighted by atomic mass is 9.72. The number of methoxy groups -OCH3 is 1. The number of allylic oxidation sites excluding steroid dienone is 3. The predicted molar refractivity (Wildman–Crippen MR) is 125 cm³/mol. The van der Waals surface area contributed by atoms with E-state index in [-0.39, 0.29) is 0 Å². The Kier molecular flexibility index (Phi) is 5.27. The molecule has 0 spiro atoms. The lowest BCUT2D eigenvalue weighted by molar-refractivity contribution is 0.413. The lowest BCUT2D eigenvalue weighted by Gasteiger charge is -2.31. The molecular weight excluding hydrogens is 364 g/mol. The molecule has 0 heterocycles. The SMILES string of the molecule is COc1ccc([C@H]2C=C3/C(=C/c4ccccc4)CCC[C@H]3[C@@H]2c2ccccc2)cc1. The van der Waals surface area contributed by atoms with Crippen molar-refractivity contribution in [1.82, 2.24) is 0 Å². The van der Waals surface area contributed by atoms with Gasteiger partial charge in [-0.3, -0.25) is 0 Å². The molecule has 1 nitrogen and oxygen atoms in total. The number of hydrogen-bond acceptors (Lipinski definition) is 1. The first-order chi connectivity index (χ1) is 14.8. The fraction of sp³-hybridized carbons (Fsp3) is 0.241. The van der Waals surface area contributed by atoms with Gasteiger partial charge in [0.15, 0.2) is 0 Å². The van der Waals surface area contributed by atoms with Crippen molar-refractivity contribution in [3.63, 3.8) is 0 Å². The summed E-state index contributed by atoms with van der Waals surface area (Å²) in [7, 11) is 1.73. The van der Waals surface area contributed by atoms with Gasteiger partial charge in [-0.15, -0.1) is 0 Å². The van der Waals surface area contributed by atoms with E-state index in [0.29, 0.717) is 17.8 Å². The van der Waals surface area contributed by atoms with Crippen LogP contribution in [0.2, 0.25) is 0 Å². The van der Waals surface area contributed by atoms with Gasteiger partial charge in [-0.25, -0.2) is 0 Å². The van der Waals surface area contributed by atoms with E-state index in [4.69, 9.17) is 4.74 Å². The summed E-state index contributed by atoms with van der Waals surface area (Å²) in [6.07, 6.45) is 8.69. The number of benzene rings is 3. The van der Waals surface area contributed by atoms with Gasteiger partial charge in [-0.1, -0.05) is 84.9 Å². The summed E-state index contributed by atoms with van der Waals surface area (Å²) in [6, 6.07) is 30.6. The molecule has 150 valence electrons. The molecule has 0 radical (unpaired) electrons. The summed E-state index contributed by atoms with van der Waals surface area (Å²) in [5.41, 5.74) is 7.23. The molecule has 3 aromatic carbocycles. The Morgan fingerprint density at radius 3 is 2.20 bits per heavy atom. The van der Waals surface area contributed by atoms with Gasteiger partial charge in [0.2, 0.25) is 0 Å². The second-order valence-electron chi connectivity index (χ2n) is 8.44. The summed E-state index contributed by atoms with van der Waals surface area (Å²) in [5.74, 6) is 2.40. The molecule has 1 heteroatoms. The summed E-state index contributed by atoms with van der Waals surface area (Å²) >= 11 is 0. The maximum Gasteiger partial charge on any atom is 0.118 e. The highest BCUT2D eigenvalue weighted by molar-refractivity contribution is 5.62. The first-order valence-corrected chi connectivity index (χ1v) is 11.0. The highest BCUT2D eigenvalue weighted by Crippen LogP contribution is 2.55. The Hall–Kier alpha value is -3.06. The maximum atomic E-state index is 5.40. The van der Waals surface area contributed by atoms with Gasteiger partial charge >= 0.3 is 0 Å². The maximum absolute atomic E-state index is 5.40. The van der Waals surface area contributed by atoms with Crippen LogP contribution in [0, 0.1) is 5.92 Å². The van der Waals surface area contributed by atoms with Crippen LogP contribution < -0.4 is 4.74 Å². The van der Waals surface area contributed by atoms with Crippen molar-refractivity contribution in [3.05, 3.63) is 119 Å². The molecule has 30 heavy (non-hydrogen) atoms. The minimum absolute atomic E-state index is 0.399. The van der Waals surface area contributed by atoms with Crippen molar-refractivity contribution >= 4 is 6.08 Å². The number of rotatable bonds is 4. The third kappa shape index (κ3) is 3.61. The van der Waals surface area contributed by atoms with Crippen molar-refractivity contribution in [3.8, 4) is 5.75 Å². The van der Waals surface area contributed by atoms with Crippen LogP contribution in [0.3, 0.4) is 0 Å². The molecule has 3 aromatic rings. The normalized spacial score (nSPS) is 24.4. The number of fused-ring (bicyclic) bond motifs is 1. The molecular formula is C29H28O. The quantitative estimate of drug-likeness (QED) is 0.450. The molecule has 0 aromatic heterocycles. The Morgan fingerprint density at radius 1 is 0.800 bits per heavy atom. The molecule has 0 N–H and O–H groups in total. The first-order valence-electron chi connectivity index (χ1n) is 11.0. The zero-order valence-electron chi connectivity index (χ0n) is 17.5. The van der Waals surface area contributed by atoms with Crippen molar-refractivity contribution < 1.29 is 4.74 Å². The van der Waals surface area contributed by atoms with Gasteiger partial charge in [0, 0.05) is 11.8 Å². The predicted octanol–water partition coefficient (Wildman–Crippen LogP) is 7.39. The van der Waals surface area contributed by atoms with Gasteiger partial charge in [-0.2, -0.15) is 0 Å². The molecule has 0 bridgehead atoms. The largest absolute Gasteiger partial charge is 0.497 e. The molecule has 3 atom stereocenters. The van der Waals surface area contributed by atoms with E-state index in [0.717, 1.165) is 5.75 Å². The fourth-order valence-corrected chi connectivity index (χ4v) is 5.35. The second kappa shape index (κ2) is 8.36. The van der Waals surface area contributed by atoms with E-state index in [9.17, 15) is 0 Å². The highest BCUT2D eigenvalue weighted by Gasteiger charge is 2.41. The molecule has 2 aliphatic carbocycles. The third-order valence-corrected chi connectivity index (χ3v) is 6.74. The van der Waals surface area contributed by atoms with Crippen LogP contribution in [0.15, 0.2) is 102 Å². The zero-order chi connectivity index (χ0) is 20.3. The Morgan fingerprint density at radius 2 is 1.50 bits per heavy atom. The Bertz CT molecular complexity index is 1040. The van der Waals surface area contributed by atoms with E-state index in [1.807, 2.05) is 0 Å². The summed E-state index contributed by atoms with van der Waals surface area (Å²) < 4.78 is 5.40. The topological polar surface area (TPSA) is 9.23 Å². The van der Waals surface area contributed by atoms with Crippen molar-refractivity contribution in [2.24, 2.45) is 5.92 Å².